The fourth-order valence-electron chi connectivity index (χ4n) is 1.31. The first kappa shape index (κ1) is 10.9. The summed E-state index contributed by atoms with van der Waals surface area (Å²) in [6, 6.07) is 6.25. The van der Waals surface area contributed by atoms with Crippen molar-refractivity contribution >= 4 is 33.5 Å². The molecule has 0 atom stereocenters. The summed E-state index contributed by atoms with van der Waals surface area (Å²) < 4.78 is 1.08. The minimum absolute atomic E-state index is 0.158. The van der Waals surface area contributed by atoms with Crippen LogP contribution in [-0.4, -0.2) is 5.37 Å². The molecule has 0 radical (unpaired) electrons. The van der Waals surface area contributed by atoms with Gasteiger partial charge in [0.15, 0.2) is 0 Å². The number of thiocarbonyl (C=S) groups is 1. The molecule has 0 aliphatic rings. The van der Waals surface area contributed by atoms with Gasteiger partial charge < -0.3 is 0 Å². The Labute approximate surface area is 93.5 Å². The summed E-state index contributed by atoms with van der Waals surface area (Å²) >= 11 is 8.43. The molecule has 0 heterocycles. The largest absolute Gasteiger partial charge is 0.0881 e. The lowest BCUT2D eigenvalue weighted by atomic mass is 9.84. The standard InChI is InChI=1S/C11H13BrS/c1-11(2,3)10-5-4-9(12)6-8(10)7-13/h4-7H,1-3H3. The fraction of sp³-hybridized carbons (Fsp3) is 0.364. The van der Waals surface area contributed by atoms with E-state index in [1.807, 2.05) is 0 Å². The third-order valence-corrected chi connectivity index (χ3v) is 2.70. The van der Waals surface area contributed by atoms with Gasteiger partial charge in [-0.1, -0.05) is 55.0 Å². The van der Waals surface area contributed by atoms with E-state index < -0.39 is 0 Å². The second-order valence-electron chi connectivity index (χ2n) is 4.10. The first-order valence-electron chi connectivity index (χ1n) is 4.20. The number of hydrogen-bond donors (Lipinski definition) is 0. The van der Waals surface area contributed by atoms with Crippen molar-refractivity contribution in [2.75, 3.05) is 0 Å². The molecule has 0 bridgehead atoms. The maximum absolute atomic E-state index is 4.99. The predicted octanol–water partition coefficient (Wildman–Crippen LogP) is 4.09. The van der Waals surface area contributed by atoms with E-state index in [-0.39, 0.29) is 5.41 Å². The van der Waals surface area contributed by atoms with E-state index in [1.54, 1.807) is 5.37 Å². The lowest BCUT2D eigenvalue weighted by Gasteiger charge is -2.21. The molecule has 0 spiro atoms. The zero-order valence-corrected chi connectivity index (χ0v) is 10.5. The molecule has 0 aliphatic heterocycles. The summed E-state index contributed by atoms with van der Waals surface area (Å²) in [4.78, 5) is 0. The highest BCUT2D eigenvalue weighted by atomic mass is 79.9. The lowest BCUT2D eigenvalue weighted by molar-refractivity contribution is 0.589. The molecule has 2 heteroatoms. The molecule has 0 amide bonds. The van der Waals surface area contributed by atoms with E-state index >= 15 is 0 Å². The zero-order valence-electron chi connectivity index (χ0n) is 8.10. The topological polar surface area (TPSA) is 0 Å². The van der Waals surface area contributed by atoms with Gasteiger partial charge in [-0.15, -0.1) is 0 Å². The van der Waals surface area contributed by atoms with Crippen molar-refractivity contribution in [3.8, 4) is 0 Å². The fourth-order valence-corrected chi connectivity index (χ4v) is 1.89. The molecule has 70 valence electrons. The molecule has 0 nitrogen and oxygen atoms in total. The van der Waals surface area contributed by atoms with Gasteiger partial charge in [0.2, 0.25) is 0 Å². The quantitative estimate of drug-likeness (QED) is 0.683. The van der Waals surface area contributed by atoms with Crippen molar-refractivity contribution in [1.29, 1.82) is 0 Å². The molecular weight excluding hydrogens is 244 g/mol. The van der Waals surface area contributed by atoms with E-state index in [1.165, 1.54) is 5.56 Å². The van der Waals surface area contributed by atoms with Crippen LogP contribution in [0, 0.1) is 0 Å². The normalized spacial score (nSPS) is 11.4. The summed E-state index contributed by atoms with van der Waals surface area (Å²) in [6.45, 7) is 6.58. The molecule has 1 aromatic rings. The Morgan fingerprint density at radius 3 is 2.38 bits per heavy atom. The number of halogens is 1. The van der Waals surface area contributed by atoms with Crippen molar-refractivity contribution < 1.29 is 0 Å². The summed E-state index contributed by atoms with van der Waals surface area (Å²) in [5.41, 5.74) is 2.59. The molecule has 0 saturated carbocycles. The highest BCUT2D eigenvalue weighted by Crippen LogP contribution is 2.27. The third-order valence-electron chi connectivity index (χ3n) is 1.95. The average Bonchev–Trinajstić information content (AvgIpc) is 2.01. The van der Waals surface area contributed by atoms with Crippen LogP contribution in [0.3, 0.4) is 0 Å². The molecule has 0 fully saturated rings. The van der Waals surface area contributed by atoms with Gasteiger partial charge in [0.25, 0.3) is 0 Å². The van der Waals surface area contributed by atoms with Gasteiger partial charge in [0.1, 0.15) is 0 Å². The van der Waals surface area contributed by atoms with Crippen LogP contribution in [0.5, 0.6) is 0 Å². The maximum atomic E-state index is 4.99. The minimum Gasteiger partial charge on any atom is -0.0881 e. The van der Waals surface area contributed by atoms with Crippen LogP contribution in [0.4, 0.5) is 0 Å². The maximum Gasteiger partial charge on any atom is 0.0181 e. The van der Waals surface area contributed by atoms with Crippen LogP contribution in [0.25, 0.3) is 0 Å². The first-order chi connectivity index (χ1) is 5.95. The monoisotopic (exact) mass is 256 g/mol. The van der Waals surface area contributed by atoms with E-state index in [9.17, 15) is 0 Å². The third kappa shape index (κ3) is 2.61. The van der Waals surface area contributed by atoms with Crippen LogP contribution in [0.2, 0.25) is 0 Å². The predicted molar refractivity (Wildman–Crippen MR) is 65.6 cm³/mol. The SMILES string of the molecule is CC(C)(C)c1ccc(Br)cc1C=S. The summed E-state index contributed by atoms with van der Waals surface area (Å²) in [6.07, 6.45) is 0. The van der Waals surface area contributed by atoms with Gasteiger partial charge in [-0.25, -0.2) is 0 Å². The molecule has 0 N–H and O–H groups in total. The van der Waals surface area contributed by atoms with Gasteiger partial charge in [0, 0.05) is 9.84 Å². The molecule has 0 aliphatic carbocycles. The summed E-state index contributed by atoms with van der Waals surface area (Å²) in [5.74, 6) is 0. The minimum atomic E-state index is 0.158. The Bertz CT molecular complexity index is 323. The Hall–Kier alpha value is -0.210. The Morgan fingerprint density at radius 2 is 1.92 bits per heavy atom. The zero-order chi connectivity index (χ0) is 10.1. The first-order valence-corrected chi connectivity index (χ1v) is 5.47. The Morgan fingerprint density at radius 1 is 1.31 bits per heavy atom. The second-order valence-corrected chi connectivity index (χ2v) is 5.25. The lowest BCUT2D eigenvalue weighted by Crippen LogP contribution is -2.13. The van der Waals surface area contributed by atoms with E-state index in [0.717, 1.165) is 10.0 Å². The number of rotatable bonds is 1. The second kappa shape index (κ2) is 3.89. The summed E-state index contributed by atoms with van der Waals surface area (Å²) in [5, 5.41) is 1.74. The van der Waals surface area contributed by atoms with E-state index in [0.29, 0.717) is 0 Å². The molecule has 0 saturated heterocycles. The Kier molecular flexibility index (Phi) is 3.25. The van der Waals surface area contributed by atoms with E-state index in [4.69, 9.17) is 12.2 Å². The highest BCUT2D eigenvalue weighted by molar-refractivity contribution is 9.10. The van der Waals surface area contributed by atoms with E-state index in [2.05, 4.69) is 54.9 Å². The van der Waals surface area contributed by atoms with Crippen LogP contribution >= 0.6 is 28.1 Å². The Balaban J connectivity index is 3.29. The van der Waals surface area contributed by atoms with Crippen molar-refractivity contribution in [2.45, 2.75) is 26.2 Å². The van der Waals surface area contributed by atoms with Gasteiger partial charge >= 0.3 is 0 Å². The smallest absolute Gasteiger partial charge is 0.0181 e. The van der Waals surface area contributed by atoms with Gasteiger partial charge in [-0.3, -0.25) is 0 Å². The molecule has 1 rings (SSSR count). The van der Waals surface area contributed by atoms with Crippen molar-refractivity contribution in [2.24, 2.45) is 0 Å². The van der Waals surface area contributed by atoms with Crippen LogP contribution < -0.4 is 0 Å². The number of benzene rings is 1. The molecule has 1 aromatic carbocycles. The van der Waals surface area contributed by atoms with Crippen LogP contribution in [0.1, 0.15) is 31.9 Å². The average molecular weight is 257 g/mol. The summed E-state index contributed by atoms with van der Waals surface area (Å²) in [7, 11) is 0. The molecule has 0 unspecified atom stereocenters. The van der Waals surface area contributed by atoms with Crippen LogP contribution in [-0.2, 0) is 5.41 Å². The van der Waals surface area contributed by atoms with Crippen molar-refractivity contribution in [1.82, 2.24) is 0 Å². The van der Waals surface area contributed by atoms with Crippen molar-refractivity contribution in [3.05, 3.63) is 33.8 Å². The van der Waals surface area contributed by atoms with Gasteiger partial charge in [0.05, 0.1) is 0 Å². The van der Waals surface area contributed by atoms with Gasteiger partial charge in [-0.2, -0.15) is 0 Å². The van der Waals surface area contributed by atoms with Crippen LogP contribution in [0.15, 0.2) is 22.7 Å². The highest BCUT2D eigenvalue weighted by Gasteiger charge is 2.16. The number of hydrogen-bond acceptors (Lipinski definition) is 1. The van der Waals surface area contributed by atoms with Gasteiger partial charge in [-0.05, 0) is 28.7 Å². The molecule has 0 aromatic heterocycles. The van der Waals surface area contributed by atoms with Crippen molar-refractivity contribution in [3.63, 3.8) is 0 Å². The molecule has 13 heavy (non-hydrogen) atoms. The molecular formula is C11H13BrS.